The highest BCUT2D eigenvalue weighted by atomic mass is 32.1. The molecule has 0 aliphatic carbocycles. The van der Waals surface area contributed by atoms with Crippen LogP contribution in [-0.2, 0) is 11.2 Å². The van der Waals surface area contributed by atoms with E-state index in [1.54, 1.807) is 11.3 Å². The van der Waals surface area contributed by atoms with Crippen molar-refractivity contribution >= 4 is 17.2 Å². The maximum atomic E-state index is 12.8. The smallest absolute Gasteiger partial charge is 0.225 e. The van der Waals surface area contributed by atoms with Crippen molar-refractivity contribution in [2.45, 2.75) is 19.4 Å². The zero-order valence-electron chi connectivity index (χ0n) is 11.1. The lowest BCUT2D eigenvalue weighted by atomic mass is 10.1. The molecule has 0 spiro atoms. The summed E-state index contributed by atoms with van der Waals surface area (Å²) >= 11 is 1.58. The fourth-order valence-corrected chi connectivity index (χ4v) is 2.70. The molecule has 1 unspecified atom stereocenters. The molecule has 0 saturated heterocycles. The molecule has 0 radical (unpaired) electrons. The number of aliphatic hydroxyl groups excluding tert-OH is 1. The van der Waals surface area contributed by atoms with Crippen LogP contribution in [0, 0.1) is 12.7 Å². The molecule has 0 saturated carbocycles. The number of benzene rings is 1. The van der Waals surface area contributed by atoms with Gasteiger partial charge in [0.1, 0.15) is 5.82 Å². The van der Waals surface area contributed by atoms with Gasteiger partial charge in [0.05, 0.1) is 12.5 Å². The molecule has 20 heavy (non-hydrogen) atoms. The van der Waals surface area contributed by atoms with Gasteiger partial charge in [0.15, 0.2) is 0 Å². The van der Waals surface area contributed by atoms with Gasteiger partial charge in [-0.15, -0.1) is 11.3 Å². The van der Waals surface area contributed by atoms with Gasteiger partial charge in [0.25, 0.3) is 0 Å². The summed E-state index contributed by atoms with van der Waals surface area (Å²) in [4.78, 5) is 13.9. The van der Waals surface area contributed by atoms with Gasteiger partial charge in [-0.1, -0.05) is 12.1 Å². The summed E-state index contributed by atoms with van der Waals surface area (Å²) in [6, 6.07) is 9.49. The Kier molecular flexibility index (Phi) is 4.87. The molecule has 2 N–H and O–H groups in total. The Morgan fingerprint density at radius 2 is 2.00 bits per heavy atom. The number of amides is 1. The van der Waals surface area contributed by atoms with Gasteiger partial charge in [-0.05, 0) is 36.8 Å². The summed E-state index contributed by atoms with van der Waals surface area (Å²) in [5.41, 5.74) is 0.582. The number of nitrogens with one attached hydrogen (secondary N) is 1. The third kappa shape index (κ3) is 4.15. The van der Waals surface area contributed by atoms with Gasteiger partial charge in [-0.3, -0.25) is 4.79 Å². The van der Waals surface area contributed by atoms with Crippen molar-refractivity contribution in [1.82, 2.24) is 5.32 Å². The number of thiophene rings is 1. The summed E-state index contributed by atoms with van der Waals surface area (Å²) in [6.07, 6.45) is -0.515. The molecule has 1 aromatic carbocycles. The summed E-state index contributed by atoms with van der Waals surface area (Å²) in [5.74, 6) is -0.480. The van der Waals surface area contributed by atoms with Crippen LogP contribution >= 0.6 is 11.3 Å². The molecule has 1 heterocycles. The van der Waals surface area contributed by atoms with Crippen LogP contribution in [-0.4, -0.2) is 17.6 Å². The fraction of sp³-hybridized carbons (Fsp3) is 0.267. The normalized spacial score (nSPS) is 12.2. The zero-order chi connectivity index (χ0) is 14.5. The first-order chi connectivity index (χ1) is 9.54. The summed E-state index contributed by atoms with van der Waals surface area (Å²) in [6.45, 7) is 2.11. The molecule has 2 aromatic rings. The minimum atomic E-state index is -0.829. The molecule has 1 aromatic heterocycles. The Hall–Kier alpha value is -1.72. The van der Waals surface area contributed by atoms with E-state index in [2.05, 4.69) is 5.32 Å². The van der Waals surface area contributed by atoms with E-state index in [1.165, 1.54) is 29.1 Å². The van der Waals surface area contributed by atoms with Gasteiger partial charge in [-0.2, -0.15) is 0 Å². The van der Waals surface area contributed by atoms with Crippen LogP contribution in [0.4, 0.5) is 4.39 Å². The van der Waals surface area contributed by atoms with E-state index in [0.29, 0.717) is 12.0 Å². The number of halogens is 1. The second-order valence-electron chi connectivity index (χ2n) is 4.56. The Morgan fingerprint density at radius 1 is 1.30 bits per heavy atom. The van der Waals surface area contributed by atoms with Crippen LogP contribution < -0.4 is 5.32 Å². The molecule has 5 heteroatoms. The van der Waals surface area contributed by atoms with Gasteiger partial charge < -0.3 is 10.4 Å². The predicted octanol–water partition coefficient (Wildman–Crippen LogP) is 2.59. The van der Waals surface area contributed by atoms with Crippen LogP contribution in [0.5, 0.6) is 0 Å². The summed E-state index contributed by atoms with van der Waals surface area (Å²) in [5, 5.41) is 12.6. The molecule has 0 aliphatic heterocycles. The third-order valence-corrected chi connectivity index (χ3v) is 3.88. The van der Waals surface area contributed by atoms with E-state index in [4.69, 9.17) is 0 Å². The Bertz CT molecular complexity index is 580. The molecule has 1 atom stereocenters. The van der Waals surface area contributed by atoms with Crippen LogP contribution in [0.3, 0.4) is 0 Å². The number of rotatable bonds is 5. The van der Waals surface area contributed by atoms with Crippen LogP contribution in [0.1, 0.15) is 21.4 Å². The largest absolute Gasteiger partial charge is 0.387 e. The average molecular weight is 293 g/mol. The monoisotopic (exact) mass is 293 g/mol. The number of carbonyl (C=O) groups is 1. The van der Waals surface area contributed by atoms with Crippen molar-refractivity contribution in [3.8, 4) is 0 Å². The topological polar surface area (TPSA) is 49.3 Å². The number of aryl methyl sites for hydroxylation is 1. The van der Waals surface area contributed by atoms with Gasteiger partial charge in [0, 0.05) is 16.3 Å². The lowest BCUT2D eigenvalue weighted by molar-refractivity contribution is -0.120. The third-order valence-electron chi connectivity index (χ3n) is 2.88. The van der Waals surface area contributed by atoms with Gasteiger partial charge >= 0.3 is 0 Å². The molecular formula is C15H16FNO2S. The van der Waals surface area contributed by atoms with E-state index < -0.39 is 6.10 Å². The lowest BCUT2D eigenvalue weighted by Crippen LogP contribution is -2.29. The van der Waals surface area contributed by atoms with E-state index in [-0.39, 0.29) is 18.3 Å². The molecular weight excluding hydrogens is 277 g/mol. The van der Waals surface area contributed by atoms with Crippen molar-refractivity contribution in [2.24, 2.45) is 0 Å². The van der Waals surface area contributed by atoms with Crippen LogP contribution in [0.2, 0.25) is 0 Å². The van der Waals surface area contributed by atoms with Crippen molar-refractivity contribution in [2.75, 3.05) is 6.54 Å². The molecule has 0 aliphatic rings. The summed E-state index contributed by atoms with van der Waals surface area (Å²) in [7, 11) is 0. The minimum absolute atomic E-state index is 0.120. The highest BCUT2D eigenvalue weighted by molar-refractivity contribution is 7.12. The zero-order valence-corrected chi connectivity index (χ0v) is 11.9. The Morgan fingerprint density at radius 3 is 2.60 bits per heavy atom. The quantitative estimate of drug-likeness (QED) is 0.890. The van der Waals surface area contributed by atoms with E-state index >= 15 is 0 Å². The average Bonchev–Trinajstić information content (AvgIpc) is 2.82. The molecule has 106 valence electrons. The molecule has 0 fully saturated rings. The van der Waals surface area contributed by atoms with Crippen molar-refractivity contribution in [3.05, 3.63) is 57.5 Å². The van der Waals surface area contributed by atoms with E-state index in [0.717, 1.165) is 4.88 Å². The number of carbonyl (C=O) groups excluding carboxylic acids is 1. The van der Waals surface area contributed by atoms with Gasteiger partial charge in [-0.25, -0.2) is 4.39 Å². The highest BCUT2D eigenvalue weighted by Gasteiger charge is 2.10. The highest BCUT2D eigenvalue weighted by Crippen LogP contribution is 2.16. The standard InChI is InChI=1S/C15H16FNO2S/c1-10-2-7-13(20-10)8-15(19)17-9-14(18)11-3-5-12(16)6-4-11/h2-7,14,18H,8-9H2,1H3,(H,17,19). The Balaban J connectivity index is 1.82. The molecule has 2 rings (SSSR count). The predicted molar refractivity (Wildman–Crippen MR) is 77.1 cm³/mol. The molecule has 0 bridgehead atoms. The molecule has 3 nitrogen and oxygen atoms in total. The van der Waals surface area contributed by atoms with Gasteiger partial charge in [0.2, 0.25) is 5.91 Å². The Labute approximate surface area is 121 Å². The second kappa shape index (κ2) is 6.63. The first-order valence-corrected chi connectivity index (χ1v) is 7.12. The summed E-state index contributed by atoms with van der Waals surface area (Å²) < 4.78 is 12.8. The maximum absolute atomic E-state index is 12.8. The number of hydrogen-bond acceptors (Lipinski definition) is 3. The first kappa shape index (κ1) is 14.7. The van der Waals surface area contributed by atoms with E-state index in [1.807, 2.05) is 19.1 Å². The fourth-order valence-electron chi connectivity index (χ4n) is 1.81. The lowest BCUT2D eigenvalue weighted by Gasteiger charge is -2.12. The van der Waals surface area contributed by atoms with Crippen molar-refractivity contribution in [3.63, 3.8) is 0 Å². The van der Waals surface area contributed by atoms with Crippen LogP contribution in [0.15, 0.2) is 36.4 Å². The first-order valence-electron chi connectivity index (χ1n) is 6.30. The SMILES string of the molecule is Cc1ccc(CC(=O)NCC(O)c2ccc(F)cc2)s1. The minimum Gasteiger partial charge on any atom is -0.387 e. The molecule has 1 amide bonds. The van der Waals surface area contributed by atoms with Crippen molar-refractivity contribution < 1.29 is 14.3 Å². The maximum Gasteiger partial charge on any atom is 0.225 e. The van der Waals surface area contributed by atoms with Crippen molar-refractivity contribution in [1.29, 1.82) is 0 Å². The second-order valence-corrected chi connectivity index (χ2v) is 5.93. The van der Waals surface area contributed by atoms with Crippen LogP contribution in [0.25, 0.3) is 0 Å². The number of hydrogen-bond donors (Lipinski definition) is 2. The number of aliphatic hydroxyl groups is 1. The van der Waals surface area contributed by atoms with E-state index in [9.17, 15) is 14.3 Å².